The highest BCUT2D eigenvalue weighted by atomic mass is 16.7. The smallest absolute Gasteiger partial charge is 0.413 e. The van der Waals surface area contributed by atoms with Crippen molar-refractivity contribution in [3.63, 3.8) is 0 Å². The molecule has 0 aliphatic carbocycles. The van der Waals surface area contributed by atoms with Gasteiger partial charge in [0.05, 0.1) is 20.3 Å². The lowest BCUT2D eigenvalue weighted by atomic mass is 10.2. The normalized spacial score (nSPS) is 24.2. The summed E-state index contributed by atoms with van der Waals surface area (Å²) in [5, 5.41) is 1.08. The Labute approximate surface area is 223 Å². The van der Waals surface area contributed by atoms with Crippen molar-refractivity contribution in [2.75, 3.05) is 27.4 Å². The number of likely N-dealkylation sites (N-methyl/N-ethyl adjacent to an activating group) is 1. The van der Waals surface area contributed by atoms with Crippen LogP contribution in [0.5, 0.6) is 0 Å². The zero-order valence-corrected chi connectivity index (χ0v) is 24.0. The molecule has 37 heavy (non-hydrogen) atoms. The fraction of sp³-hybridized carbons (Fsp3) is 0.833. The van der Waals surface area contributed by atoms with Crippen LogP contribution in [-0.4, -0.2) is 101 Å². The van der Waals surface area contributed by atoms with Crippen molar-refractivity contribution in [1.82, 2.24) is 14.9 Å². The summed E-state index contributed by atoms with van der Waals surface area (Å²) in [5.74, 6) is -1.44. The molecule has 0 unspecified atom stereocenters. The van der Waals surface area contributed by atoms with Gasteiger partial charge in [-0.1, -0.05) is 0 Å². The molecule has 0 bridgehead atoms. The molecule has 0 saturated carbocycles. The Kier molecular flexibility index (Phi) is 8.56. The van der Waals surface area contributed by atoms with Crippen molar-refractivity contribution in [2.45, 2.75) is 104 Å². The zero-order chi connectivity index (χ0) is 31.6. The van der Waals surface area contributed by atoms with Crippen LogP contribution < -0.4 is 5.71 Å². The molecule has 4 amide bonds. The Morgan fingerprint density at radius 3 is 1.59 bits per heavy atom. The van der Waals surface area contributed by atoms with E-state index in [1.54, 1.807) is 69.2 Å². The number of hydrogen-bond donors (Lipinski definition) is 1. The van der Waals surface area contributed by atoms with Gasteiger partial charge in [-0.2, -0.15) is 0 Å². The minimum absolute atomic E-state index is 0.110. The maximum Gasteiger partial charge on any atom is 0.413 e. The number of amides is 4. The zero-order valence-electron chi connectivity index (χ0n) is 27.0. The van der Waals surface area contributed by atoms with Crippen LogP contribution in [0.3, 0.4) is 0 Å². The molecule has 2 saturated heterocycles. The summed E-state index contributed by atoms with van der Waals surface area (Å²) in [7, 11) is 2.87. The van der Waals surface area contributed by atoms with Crippen molar-refractivity contribution < 1.29 is 52.9 Å². The lowest BCUT2D eigenvalue weighted by molar-refractivity contribution is -0.310. The second-order valence-electron chi connectivity index (χ2n) is 11.6. The topological polar surface area (TPSA) is 152 Å². The SMILES string of the molecule is CON(C)C(=O)[C@H]1COC(C)(C)N1C(=O)OC(C)(C)C.[2H][N+]([2H])([2H])C(=O)[C@H]1COC(C)(C)N1C(=O)OC(C)(C)C. The molecule has 13 nitrogen and oxygen atoms in total. The van der Waals surface area contributed by atoms with E-state index in [0.717, 1.165) is 9.96 Å². The van der Waals surface area contributed by atoms with Gasteiger partial charge >= 0.3 is 22.3 Å². The highest BCUT2D eigenvalue weighted by Gasteiger charge is 2.50. The van der Waals surface area contributed by atoms with Gasteiger partial charge in [-0.3, -0.25) is 25.1 Å². The van der Waals surface area contributed by atoms with Gasteiger partial charge in [-0.05, 0) is 69.2 Å². The predicted molar refractivity (Wildman–Crippen MR) is 131 cm³/mol. The number of carbonyl (C=O) groups is 4. The second-order valence-corrected chi connectivity index (χ2v) is 11.6. The first-order chi connectivity index (χ1) is 17.7. The molecule has 2 aliphatic heterocycles. The third-order valence-corrected chi connectivity index (χ3v) is 5.31. The van der Waals surface area contributed by atoms with Crippen molar-refractivity contribution in [2.24, 2.45) is 0 Å². The van der Waals surface area contributed by atoms with E-state index in [-0.39, 0.29) is 19.1 Å². The molecule has 3 N–H and O–H groups in total. The molecule has 0 aromatic carbocycles. The van der Waals surface area contributed by atoms with Crippen LogP contribution in [0.1, 0.15) is 69.2 Å². The monoisotopic (exact) mass is 536 g/mol. The van der Waals surface area contributed by atoms with Crippen LogP contribution in [0.25, 0.3) is 0 Å². The Hall–Kier alpha value is -2.48. The largest absolute Gasteiger partial charge is 0.444 e. The maximum atomic E-state index is 12.3. The van der Waals surface area contributed by atoms with Crippen LogP contribution in [0.15, 0.2) is 0 Å². The fourth-order valence-electron chi connectivity index (χ4n) is 3.58. The molecule has 0 spiro atoms. The lowest BCUT2D eigenvalue weighted by Gasteiger charge is -2.35. The van der Waals surface area contributed by atoms with Gasteiger partial charge in [0.25, 0.3) is 5.91 Å². The molecule has 214 valence electrons. The minimum Gasteiger partial charge on any atom is -0.444 e. The lowest BCUT2D eigenvalue weighted by Crippen LogP contribution is -2.67. The van der Waals surface area contributed by atoms with Gasteiger partial charge < -0.3 is 18.9 Å². The molecular weight excluding hydrogens is 488 g/mol. The summed E-state index contributed by atoms with van der Waals surface area (Å²) in [5.41, 5.74) is -5.52. The number of ether oxygens (including phenoxy) is 4. The molecule has 2 fully saturated rings. The number of nitrogens with zero attached hydrogens (tertiary/aromatic N) is 3. The second kappa shape index (κ2) is 11.5. The highest BCUT2D eigenvalue weighted by Crippen LogP contribution is 2.31. The van der Waals surface area contributed by atoms with E-state index in [4.69, 9.17) is 28.0 Å². The van der Waals surface area contributed by atoms with E-state index in [0.29, 0.717) is 0 Å². The summed E-state index contributed by atoms with van der Waals surface area (Å²) in [6.07, 6.45) is -1.35. The molecule has 0 aromatic heterocycles. The first-order valence-corrected chi connectivity index (χ1v) is 11.9. The van der Waals surface area contributed by atoms with Gasteiger partial charge in [-0.25, -0.2) is 19.4 Å². The third-order valence-electron chi connectivity index (χ3n) is 5.31. The van der Waals surface area contributed by atoms with Crippen molar-refractivity contribution in [1.29, 1.82) is 0 Å². The predicted octanol–water partition coefficient (Wildman–Crippen LogP) is 1.51. The molecule has 13 heteroatoms. The van der Waals surface area contributed by atoms with E-state index >= 15 is 0 Å². The Morgan fingerprint density at radius 1 is 0.865 bits per heavy atom. The summed E-state index contributed by atoms with van der Waals surface area (Å²) in [6, 6.07) is -1.95. The number of hydrogen-bond acceptors (Lipinski definition) is 9. The highest BCUT2D eigenvalue weighted by molar-refractivity contribution is 5.86. The number of hydroxylamine groups is 2. The van der Waals surface area contributed by atoms with Crippen LogP contribution in [-0.2, 0) is 33.4 Å². The number of carbonyl (C=O) groups excluding carboxylic acids is 4. The molecule has 0 radical (unpaired) electrons. The number of rotatable bonds is 3. The van der Waals surface area contributed by atoms with E-state index in [1.165, 1.54) is 19.1 Å². The molecule has 2 aliphatic rings. The molecule has 2 rings (SSSR count). The standard InChI is InChI=1S/C13H24N2O5.C11H20N2O4/c1-12(2,3)20-11(17)15-9(8-19-13(15,4)5)10(16)14(6)18-7;1-10(2,3)17-9(15)13-7(8(12)14)6-16-11(13,4)5/h9H,8H2,1-7H3;7H,6H2,1-5H3,(H2,12,14)/p+1/t9-;7-/m11/s1/i/hD3. The van der Waals surface area contributed by atoms with Crippen LogP contribution in [0, 0.1) is 0 Å². The van der Waals surface area contributed by atoms with Crippen LogP contribution in [0.2, 0.25) is 4.24 Å². The average molecular weight is 537 g/mol. The van der Waals surface area contributed by atoms with Crippen molar-refractivity contribution in [3.8, 4) is 0 Å². The minimum atomic E-state index is -2.12. The van der Waals surface area contributed by atoms with E-state index < -0.39 is 58.5 Å². The van der Waals surface area contributed by atoms with Crippen molar-refractivity contribution >= 4 is 24.0 Å². The first kappa shape index (κ1) is 27.6. The van der Waals surface area contributed by atoms with Gasteiger partial charge in [0.2, 0.25) is 0 Å². The molecule has 2 atom stereocenters. The van der Waals surface area contributed by atoms with E-state index in [9.17, 15) is 19.2 Å². The van der Waals surface area contributed by atoms with Gasteiger partial charge in [0.1, 0.15) is 28.7 Å². The van der Waals surface area contributed by atoms with E-state index in [1.807, 2.05) is 0 Å². The quantitative estimate of drug-likeness (QED) is 0.529. The van der Waals surface area contributed by atoms with Crippen molar-refractivity contribution in [3.05, 3.63) is 0 Å². The van der Waals surface area contributed by atoms with E-state index in [2.05, 4.69) is 0 Å². The maximum absolute atomic E-state index is 12.3. The van der Waals surface area contributed by atoms with Gasteiger partial charge in [-0.15, -0.1) is 0 Å². The fourth-order valence-corrected chi connectivity index (χ4v) is 3.58. The Bertz CT molecular complexity index is 959. The molecule has 2 heterocycles. The van der Waals surface area contributed by atoms with Gasteiger partial charge in [0, 0.05) is 7.05 Å². The van der Waals surface area contributed by atoms with Crippen LogP contribution >= 0.6 is 0 Å². The molecular formula is C24H45N4O9+. The summed E-state index contributed by atoms with van der Waals surface area (Å²) in [4.78, 5) is 55.9. The van der Waals surface area contributed by atoms with Crippen LogP contribution in [0.4, 0.5) is 9.59 Å². The molecule has 0 aromatic rings. The Balaban J connectivity index is 0.000000400. The van der Waals surface area contributed by atoms with Gasteiger partial charge in [0.15, 0.2) is 6.04 Å². The summed E-state index contributed by atoms with van der Waals surface area (Å²) in [6.45, 7) is 16.9. The summed E-state index contributed by atoms with van der Waals surface area (Å²) < 4.78 is 42.9. The summed E-state index contributed by atoms with van der Waals surface area (Å²) >= 11 is 0. The Morgan fingerprint density at radius 2 is 1.24 bits per heavy atom. The third kappa shape index (κ3) is 8.80. The average Bonchev–Trinajstić information content (AvgIpc) is 3.24. The number of quaternary nitrogens is 1. The first-order valence-electron chi connectivity index (χ1n) is 13.3.